The van der Waals surface area contributed by atoms with Gasteiger partial charge in [-0.05, 0) is 108 Å². The van der Waals surface area contributed by atoms with Crippen LogP contribution in [0.15, 0.2) is 60.4 Å². The molecule has 38 N–H and O–H groups in total. The Balaban J connectivity index is 2.78. The number of nitrogens with two attached hydrogens (primary N) is 13. The number of benzene rings is 1. The molecule has 0 unspecified atom stereocenters. The molecule has 0 aliphatic carbocycles. The number of carbonyl (C=O) groups excluding carboxylic acids is 11. The molecule has 105 heavy (non-hydrogen) atoms. The maximum Gasteiger partial charge on any atom is 0.303 e. The smallest absolute Gasteiger partial charge is 0.303 e. The van der Waals surface area contributed by atoms with E-state index in [1.807, 2.05) is 0 Å². The quantitative estimate of drug-likeness (QED) is 0.0166. The van der Waals surface area contributed by atoms with E-state index in [-0.39, 0.29) is 146 Å². The highest BCUT2D eigenvalue weighted by Crippen LogP contribution is 2.20. The fourth-order valence-corrected chi connectivity index (χ4v) is 10.2. The van der Waals surface area contributed by atoms with Crippen molar-refractivity contribution in [3.63, 3.8) is 0 Å². The Hall–Kier alpha value is -12.0. The molecule has 0 radical (unpaired) electrons. The average molecular weight is 1480 g/mol. The van der Waals surface area contributed by atoms with Gasteiger partial charge < -0.3 is 138 Å². The fraction of sp³-hybridized carbons (Fsp3) is 0.581. The number of likely N-dealkylation sites (N-methyl/N-ethyl adjacent to an activating group) is 1. The van der Waals surface area contributed by atoms with Crippen LogP contribution in [-0.2, 0) is 64.0 Å². The van der Waals surface area contributed by atoms with E-state index in [2.05, 4.69) is 88.1 Å². The van der Waals surface area contributed by atoms with Crippen molar-refractivity contribution >= 4 is 118 Å². The van der Waals surface area contributed by atoms with Gasteiger partial charge in [-0.2, -0.15) is 0 Å². The standard InChI is InChI=1S/C62H108N30O13/c1-32(12-6-24-77-57(64)65)47(96)85-38(16-8-26-79-59(68)69)50(99)87-41(19-11-29-82-62(74)75)53(102)92-44(30-34-31-83-36-14-5-4-13-35(34)36)56(105)89-40(18-10-28-81-61(72)73)52(101)91-43(21-23-46(94)95)55(104)88-39(17-9-27-80-60(70)71)51(100)90-42(20-22-45(63)93)54(103)86-37(15-7-25-78-58(66)67)49(98)84-33(2)48(97)76-3/h4-5,13-14,31-33,37-44,83H,6-12,15-30H2,1-3H3,(H2,63,93)(H,76,97)(H,84,98)(H,85,96)(H,86,103)(H,87,99)(H,88,104)(H,89,105)(H,90,100)(H,91,101)(H,92,102)(H,94,95)(H4,64,65,77)(H4,66,67,78)(H4,68,69,79)(H4,70,71,80)(H4,72,73,81)(H4,74,75,82)/t32-,33-,37-,38-,39-,40-,41-,42-,43-,44-/m0/s1. The van der Waals surface area contributed by atoms with E-state index in [1.54, 1.807) is 37.4 Å². The molecule has 2 aromatic rings. The molecule has 11 amide bonds. The number of rotatable bonds is 51. The number of fused-ring (bicyclic) bond motifs is 1. The van der Waals surface area contributed by atoms with E-state index in [4.69, 9.17) is 74.5 Å². The monoisotopic (exact) mass is 1480 g/mol. The van der Waals surface area contributed by atoms with E-state index < -0.39 is 157 Å². The molecule has 1 aromatic carbocycles. The van der Waals surface area contributed by atoms with Gasteiger partial charge in [0, 0.05) is 88.6 Å². The Morgan fingerprint density at radius 3 is 0.981 bits per heavy atom. The van der Waals surface area contributed by atoms with Crippen molar-refractivity contribution in [1.82, 2.24) is 58.2 Å². The molecule has 584 valence electrons. The molecule has 0 aliphatic heterocycles. The van der Waals surface area contributed by atoms with E-state index in [0.29, 0.717) is 29.3 Å². The highest BCUT2D eigenvalue weighted by atomic mass is 16.4. The second-order valence-corrected chi connectivity index (χ2v) is 24.4. The van der Waals surface area contributed by atoms with Crippen LogP contribution in [0.4, 0.5) is 0 Å². The molecule has 0 spiro atoms. The maximum absolute atomic E-state index is 15.1. The third-order valence-electron chi connectivity index (χ3n) is 15.8. The number of para-hydroxylation sites is 1. The van der Waals surface area contributed by atoms with Crippen LogP contribution in [0.3, 0.4) is 0 Å². The zero-order valence-electron chi connectivity index (χ0n) is 59.5. The topological polar surface area (TPSA) is 774 Å². The van der Waals surface area contributed by atoms with Crippen molar-refractivity contribution in [3.8, 4) is 0 Å². The predicted molar refractivity (Wildman–Crippen MR) is 393 cm³/mol. The zero-order valence-corrected chi connectivity index (χ0v) is 59.5. The second-order valence-electron chi connectivity index (χ2n) is 24.4. The molecule has 0 aliphatic rings. The van der Waals surface area contributed by atoms with Gasteiger partial charge >= 0.3 is 5.97 Å². The van der Waals surface area contributed by atoms with E-state index >= 15 is 4.79 Å². The molecule has 0 bridgehead atoms. The summed E-state index contributed by atoms with van der Waals surface area (Å²) in [4.78, 5) is 194. The van der Waals surface area contributed by atoms with Crippen molar-refractivity contribution in [2.45, 2.75) is 177 Å². The molecule has 0 fully saturated rings. The predicted octanol–water partition coefficient (Wildman–Crippen LogP) is -9.07. The lowest BCUT2D eigenvalue weighted by molar-refractivity contribution is -0.139. The van der Waals surface area contributed by atoms with E-state index in [1.165, 1.54) is 14.0 Å². The van der Waals surface area contributed by atoms with Crippen molar-refractivity contribution < 1.29 is 62.6 Å². The number of H-pyrrole nitrogens is 1. The first-order chi connectivity index (χ1) is 49.6. The summed E-state index contributed by atoms with van der Waals surface area (Å²) in [6.45, 7) is 3.05. The minimum Gasteiger partial charge on any atom is -0.481 e. The van der Waals surface area contributed by atoms with Gasteiger partial charge in [-0.3, -0.25) is 87.5 Å². The van der Waals surface area contributed by atoms with Gasteiger partial charge in [-0.25, -0.2) is 0 Å². The summed E-state index contributed by atoms with van der Waals surface area (Å²) in [7, 11) is 1.34. The van der Waals surface area contributed by atoms with Gasteiger partial charge in [-0.1, -0.05) is 25.1 Å². The summed E-state index contributed by atoms with van der Waals surface area (Å²) >= 11 is 0. The number of carbonyl (C=O) groups is 12. The van der Waals surface area contributed by atoms with E-state index in [0.717, 1.165) is 0 Å². The van der Waals surface area contributed by atoms with Gasteiger partial charge in [-0.15, -0.1) is 0 Å². The number of guanidine groups is 6. The van der Waals surface area contributed by atoms with Crippen molar-refractivity contribution in [2.24, 2.45) is 110 Å². The minimum absolute atomic E-state index is 0.00550. The Kier molecular flexibility index (Phi) is 40.7. The second kappa shape index (κ2) is 48.0. The van der Waals surface area contributed by atoms with Crippen LogP contribution in [0.5, 0.6) is 0 Å². The molecule has 43 nitrogen and oxygen atoms in total. The van der Waals surface area contributed by atoms with Crippen LogP contribution in [-0.4, -0.2) is 217 Å². The lowest BCUT2D eigenvalue weighted by Crippen LogP contribution is -2.60. The van der Waals surface area contributed by atoms with Gasteiger partial charge in [0.1, 0.15) is 54.4 Å². The molecule has 2 rings (SSSR count). The first kappa shape index (κ1) is 89.1. The van der Waals surface area contributed by atoms with Gasteiger partial charge in [0.2, 0.25) is 65.0 Å². The fourth-order valence-electron chi connectivity index (χ4n) is 10.2. The van der Waals surface area contributed by atoms with Crippen molar-refractivity contribution in [3.05, 3.63) is 36.0 Å². The number of carboxylic acid groups (broad SMARTS) is 1. The zero-order chi connectivity index (χ0) is 78.7. The average Bonchev–Trinajstić information content (AvgIpc) is 1.72. The Morgan fingerprint density at radius 1 is 0.371 bits per heavy atom. The summed E-state index contributed by atoms with van der Waals surface area (Å²) in [6, 6.07) is -6.67. The number of primary amides is 1. The van der Waals surface area contributed by atoms with Gasteiger partial charge in [0.05, 0.1) is 0 Å². The first-order valence-corrected chi connectivity index (χ1v) is 33.9. The largest absolute Gasteiger partial charge is 0.481 e. The molecule has 43 heteroatoms. The molecular formula is C62H108N30O13. The molecule has 0 saturated carbocycles. The Morgan fingerprint density at radius 2 is 0.657 bits per heavy atom. The highest BCUT2D eigenvalue weighted by Gasteiger charge is 2.36. The van der Waals surface area contributed by atoms with Crippen LogP contribution in [0.2, 0.25) is 0 Å². The molecule has 0 saturated heterocycles. The summed E-state index contributed by atoms with van der Waals surface area (Å²) in [5.74, 6) is -13.6. The number of aliphatic imine (C=N–C) groups is 6. The van der Waals surface area contributed by atoms with Crippen LogP contribution >= 0.6 is 0 Å². The van der Waals surface area contributed by atoms with Crippen LogP contribution in [0, 0.1) is 5.92 Å². The summed E-state index contributed by atoms with van der Waals surface area (Å²) in [6.07, 6.45) is -0.938. The SMILES string of the molecule is CNC(=O)[C@H](C)NC(=O)[C@H](CCCN=C(N)N)NC(=O)[C@H](CCC(N)=O)NC(=O)[C@H](CCCN=C(N)N)NC(=O)[C@H](CCC(=O)O)NC(=O)[C@H](CCCN=C(N)N)NC(=O)[C@H](Cc1c[nH]c2ccccc12)NC(=O)[C@H](CCCN=C(N)N)NC(=O)[C@H](CCCN=C(N)N)NC(=O)[C@@H](C)CCCN=C(N)N. The number of nitrogens with zero attached hydrogens (tertiary/aromatic N) is 6. The van der Waals surface area contributed by atoms with Crippen LogP contribution in [0.25, 0.3) is 10.9 Å². The van der Waals surface area contributed by atoms with Crippen LogP contribution < -0.4 is 128 Å². The number of carboxylic acids is 1. The van der Waals surface area contributed by atoms with Crippen molar-refractivity contribution in [2.75, 3.05) is 46.3 Å². The minimum atomic E-state index is -1.83. The molecule has 1 heterocycles. The van der Waals surface area contributed by atoms with E-state index in [9.17, 15) is 57.8 Å². The summed E-state index contributed by atoms with van der Waals surface area (Å²) < 4.78 is 0. The number of aromatic nitrogens is 1. The lowest BCUT2D eigenvalue weighted by Gasteiger charge is -2.28. The number of hydrogen-bond acceptors (Lipinski definition) is 18. The first-order valence-electron chi connectivity index (χ1n) is 33.9. The van der Waals surface area contributed by atoms with Gasteiger partial charge in [0.15, 0.2) is 35.8 Å². The number of aliphatic carboxylic acids is 1. The Labute approximate surface area is 606 Å². The third-order valence-corrected chi connectivity index (χ3v) is 15.8. The lowest BCUT2D eigenvalue weighted by atomic mass is 10.0. The summed E-state index contributed by atoms with van der Waals surface area (Å²) in [5.41, 5.74) is 73.1. The van der Waals surface area contributed by atoms with Crippen LogP contribution in [0.1, 0.15) is 122 Å². The maximum atomic E-state index is 15.1. The number of aromatic amines is 1. The van der Waals surface area contributed by atoms with Gasteiger partial charge in [0.25, 0.3) is 0 Å². The highest BCUT2D eigenvalue weighted by molar-refractivity contribution is 5.99. The molecule has 10 atom stereocenters. The number of amides is 11. The Bertz CT molecular complexity index is 3410. The molecule has 1 aromatic heterocycles. The van der Waals surface area contributed by atoms with Crippen molar-refractivity contribution in [1.29, 1.82) is 0 Å². The molecular weight excluding hydrogens is 1370 g/mol. The third kappa shape index (κ3) is 37.0. The summed E-state index contributed by atoms with van der Waals surface area (Å²) in [5, 5.41) is 36.3. The number of nitrogens with one attached hydrogen (secondary N) is 11. The normalized spacial score (nSPS) is 13.6. The number of hydrogen-bond donors (Lipinski definition) is 25.